The Hall–Kier alpha value is -2.02. The quantitative estimate of drug-likeness (QED) is 0.787. The molecule has 0 aliphatic rings. The number of anilines is 1. The molecule has 19 heavy (non-hydrogen) atoms. The second-order valence-electron chi connectivity index (χ2n) is 5.05. The number of para-hydroxylation sites is 1. The molecule has 2 aromatic carbocycles. The summed E-state index contributed by atoms with van der Waals surface area (Å²) in [5, 5.41) is 3.59. The van der Waals surface area contributed by atoms with Gasteiger partial charge in [0, 0.05) is 11.7 Å². The first-order valence-electron chi connectivity index (χ1n) is 6.66. The fraction of sp³-hybridized carbons (Fsp3) is 0.222. The molecule has 0 heterocycles. The Labute approximate surface area is 116 Å². The number of nitrogens with one attached hydrogen (secondary N) is 1. The van der Waals surface area contributed by atoms with Crippen LogP contribution < -0.4 is 5.32 Å². The Balaban J connectivity index is 2.27. The molecular formula is C18H21N. The zero-order valence-electron chi connectivity index (χ0n) is 11.9. The van der Waals surface area contributed by atoms with Gasteiger partial charge in [0.1, 0.15) is 0 Å². The van der Waals surface area contributed by atoms with Crippen molar-refractivity contribution >= 4 is 11.3 Å². The molecule has 1 atom stereocenters. The van der Waals surface area contributed by atoms with E-state index in [0.717, 1.165) is 11.3 Å². The molecule has 0 aromatic heterocycles. The first-order chi connectivity index (χ1) is 9.09. The van der Waals surface area contributed by atoms with Crippen molar-refractivity contribution in [2.45, 2.75) is 26.8 Å². The molecule has 0 radical (unpaired) electrons. The summed E-state index contributed by atoms with van der Waals surface area (Å²) in [7, 11) is 0. The largest absolute Gasteiger partial charge is 0.378 e. The van der Waals surface area contributed by atoms with E-state index in [1.165, 1.54) is 16.7 Å². The lowest BCUT2D eigenvalue weighted by atomic mass is 10.0. The fourth-order valence-corrected chi connectivity index (χ4v) is 2.36. The average Bonchev–Trinajstić information content (AvgIpc) is 2.39. The van der Waals surface area contributed by atoms with Crippen molar-refractivity contribution in [1.29, 1.82) is 0 Å². The van der Waals surface area contributed by atoms with Crippen LogP contribution in [0.25, 0.3) is 5.57 Å². The van der Waals surface area contributed by atoms with Crippen molar-refractivity contribution in [1.82, 2.24) is 0 Å². The van der Waals surface area contributed by atoms with Gasteiger partial charge in [-0.25, -0.2) is 0 Å². The standard InChI is InChI=1S/C18H21N/c1-13(2)16-10-7-8-12-18(16)19-15(4)17-11-6-5-9-14(17)3/h5-12,15,19H,1H2,2-4H3. The van der Waals surface area contributed by atoms with E-state index >= 15 is 0 Å². The SMILES string of the molecule is C=C(C)c1ccccc1NC(C)c1ccccc1C. The molecule has 1 heteroatoms. The first kappa shape index (κ1) is 13.4. The summed E-state index contributed by atoms with van der Waals surface area (Å²) in [5.41, 5.74) is 6.06. The van der Waals surface area contributed by atoms with Crippen LogP contribution in [0.5, 0.6) is 0 Å². The minimum Gasteiger partial charge on any atom is -0.378 e. The minimum absolute atomic E-state index is 0.279. The van der Waals surface area contributed by atoms with E-state index in [1.807, 2.05) is 13.0 Å². The van der Waals surface area contributed by atoms with Crippen molar-refractivity contribution < 1.29 is 0 Å². The highest BCUT2D eigenvalue weighted by Gasteiger charge is 2.09. The lowest BCUT2D eigenvalue weighted by molar-refractivity contribution is 0.873. The second-order valence-corrected chi connectivity index (χ2v) is 5.05. The third-order valence-electron chi connectivity index (χ3n) is 3.41. The summed E-state index contributed by atoms with van der Waals surface area (Å²) in [4.78, 5) is 0. The van der Waals surface area contributed by atoms with Gasteiger partial charge in [0.15, 0.2) is 0 Å². The van der Waals surface area contributed by atoms with Gasteiger partial charge in [-0.2, -0.15) is 0 Å². The van der Waals surface area contributed by atoms with Gasteiger partial charge in [-0.15, -0.1) is 0 Å². The van der Waals surface area contributed by atoms with Crippen LogP contribution in [0.4, 0.5) is 5.69 Å². The van der Waals surface area contributed by atoms with E-state index < -0.39 is 0 Å². The maximum absolute atomic E-state index is 4.04. The Morgan fingerprint density at radius 2 is 1.68 bits per heavy atom. The molecule has 1 N–H and O–H groups in total. The molecule has 98 valence electrons. The van der Waals surface area contributed by atoms with Gasteiger partial charge < -0.3 is 5.32 Å². The number of hydrogen-bond acceptors (Lipinski definition) is 1. The monoisotopic (exact) mass is 251 g/mol. The summed E-state index contributed by atoms with van der Waals surface area (Å²) in [5.74, 6) is 0. The molecule has 1 nitrogen and oxygen atoms in total. The normalized spacial score (nSPS) is 11.9. The Bertz CT molecular complexity index is 584. The van der Waals surface area contributed by atoms with E-state index in [1.54, 1.807) is 0 Å². The van der Waals surface area contributed by atoms with Crippen LogP contribution in [-0.2, 0) is 0 Å². The van der Waals surface area contributed by atoms with Crippen LogP contribution in [0.15, 0.2) is 55.1 Å². The number of aryl methyl sites for hydroxylation is 1. The van der Waals surface area contributed by atoms with Crippen LogP contribution in [0, 0.1) is 6.92 Å². The molecule has 0 aliphatic carbocycles. The smallest absolute Gasteiger partial charge is 0.0488 e. The first-order valence-corrected chi connectivity index (χ1v) is 6.66. The zero-order chi connectivity index (χ0) is 13.8. The van der Waals surface area contributed by atoms with E-state index in [4.69, 9.17) is 0 Å². The Kier molecular flexibility index (Phi) is 4.06. The van der Waals surface area contributed by atoms with Crippen LogP contribution in [0.1, 0.15) is 36.6 Å². The molecule has 0 bridgehead atoms. The van der Waals surface area contributed by atoms with Gasteiger partial charge in [0.05, 0.1) is 0 Å². The molecule has 0 aliphatic heterocycles. The lowest BCUT2D eigenvalue weighted by Gasteiger charge is -2.20. The van der Waals surface area contributed by atoms with Crippen LogP contribution in [0.2, 0.25) is 0 Å². The van der Waals surface area contributed by atoms with E-state index in [9.17, 15) is 0 Å². The maximum atomic E-state index is 4.04. The highest BCUT2D eigenvalue weighted by molar-refractivity contribution is 5.74. The maximum Gasteiger partial charge on any atom is 0.0488 e. The highest BCUT2D eigenvalue weighted by atomic mass is 14.9. The third kappa shape index (κ3) is 3.05. The topological polar surface area (TPSA) is 12.0 Å². The number of allylic oxidation sites excluding steroid dienone is 1. The third-order valence-corrected chi connectivity index (χ3v) is 3.41. The van der Waals surface area contributed by atoms with Crippen molar-refractivity contribution in [3.63, 3.8) is 0 Å². The summed E-state index contributed by atoms with van der Waals surface area (Å²) < 4.78 is 0. The van der Waals surface area contributed by atoms with E-state index in [2.05, 4.69) is 68.2 Å². The number of rotatable bonds is 4. The molecule has 1 unspecified atom stereocenters. The van der Waals surface area contributed by atoms with Crippen LogP contribution >= 0.6 is 0 Å². The van der Waals surface area contributed by atoms with Crippen LogP contribution in [-0.4, -0.2) is 0 Å². The zero-order valence-corrected chi connectivity index (χ0v) is 11.9. The second kappa shape index (κ2) is 5.75. The van der Waals surface area contributed by atoms with E-state index in [0.29, 0.717) is 0 Å². The molecule has 0 spiro atoms. The lowest BCUT2D eigenvalue weighted by Crippen LogP contribution is -2.09. The van der Waals surface area contributed by atoms with Gasteiger partial charge in [-0.1, -0.05) is 49.0 Å². The van der Waals surface area contributed by atoms with Gasteiger partial charge in [-0.3, -0.25) is 0 Å². The molecule has 0 amide bonds. The highest BCUT2D eigenvalue weighted by Crippen LogP contribution is 2.27. The number of benzene rings is 2. The summed E-state index contributed by atoms with van der Waals surface area (Å²) >= 11 is 0. The van der Waals surface area contributed by atoms with Gasteiger partial charge in [-0.05, 0) is 49.1 Å². The minimum atomic E-state index is 0.279. The Morgan fingerprint density at radius 3 is 2.37 bits per heavy atom. The van der Waals surface area contributed by atoms with Crippen molar-refractivity contribution in [2.24, 2.45) is 0 Å². The molecule has 0 saturated heterocycles. The summed E-state index contributed by atoms with van der Waals surface area (Å²) in [6, 6.07) is 17.1. The van der Waals surface area contributed by atoms with Crippen molar-refractivity contribution in [3.8, 4) is 0 Å². The fourth-order valence-electron chi connectivity index (χ4n) is 2.36. The van der Waals surface area contributed by atoms with Gasteiger partial charge in [0.25, 0.3) is 0 Å². The number of hydrogen-bond donors (Lipinski definition) is 1. The molecule has 2 rings (SSSR count). The van der Waals surface area contributed by atoms with Crippen molar-refractivity contribution in [3.05, 3.63) is 71.8 Å². The predicted molar refractivity (Wildman–Crippen MR) is 84.4 cm³/mol. The summed E-state index contributed by atoms with van der Waals surface area (Å²) in [6.07, 6.45) is 0. The van der Waals surface area contributed by atoms with Crippen molar-refractivity contribution in [2.75, 3.05) is 5.32 Å². The average molecular weight is 251 g/mol. The van der Waals surface area contributed by atoms with Gasteiger partial charge >= 0.3 is 0 Å². The predicted octanol–water partition coefficient (Wildman–Crippen LogP) is 5.20. The summed E-state index contributed by atoms with van der Waals surface area (Å²) in [6.45, 7) is 10.4. The molecule has 0 saturated carbocycles. The molecule has 2 aromatic rings. The Morgan fingerprint density at radius 1 is 1.05 bits per heavy atom. The van der Waals surface area contributed by atoms with Crippen LogP contribution in [0.3, 0.4) is 0 Å². The molecular weight excluding hydrogens is 230 g/mol. The van der Waals surface area contributed by atoms with Gasteiger partial charge in [0.2, 0.25) is 0 Å². The van der Waals surface area contributed by atoms with E-state index in [-0.39, 0.29) is 6.04 Å². The molecule has 0 fully saturated rings.